The molecule has 23 heavy (non-hydrogen) atoms. The maximum atomic E-state index is 12.7. The molecule has 1 saturated heterocycles. The zero-order chi connectivity index (χ0) is 15.9. The first-order valence-corrected chi connectivity index (χ1v) is 8.32. The molecule has 1 heterocycles. The van der Waals surface area contributed by atoms with E-state index in [4.69, 9.17) is 10.5 Å². The fourth-order valence-electron chi connectivity index (χ4n) is 2.86. The molecule has 0 saturated carbocycles. The Kier molecular flexibility index (Phi) is 13.5. The van der Waals surface area contributed by atoms with Crippen LogP contribution in [0.4, 0.5) is 0 Å². The van der Waals surface area contributed by atoms with Crippen LogP contribution in [0.3, 0.4) is 0 Å². The van der Waals surface area contributed by atoms with Crippen LogP contribution < -0.4 is 5.73 Å². The standard InChI is InChI=1S/C16H33N3O2.2ClH/c1-5-16(6-2,13-17)15(20)19-9-7-18(8-10-19)11-12-21-14(3)4;;/h14H,5-13,17H2,1-4H3;2*1H. The molecule has 1 aliphatic rings. The lowest BCUT2D eigenvalue weighted by molar-refractivity contribution is -0.144. The van der Waals surface area contributed by atoms with Crippen molar-refractivity contribution >= 4 is 30.7 Å². The number of hydrogen-bond donors (Lipinski definition) is 1. The van der Waals surface area contributed by atoms with E-state index in [1.807, 2.05) is 4.90 Å². The Morgan fingerprint density at radius 3 is 2.04 bits per heavy atom. The molecule has 1 rings (SSSR count). The number of nitrogens with zero attached hydrogens (tertiary/aromatic N) is 2. The minimum absolute atomic E-state index is 0. The summed E-state index contributed by atoms with van der Waals surface area (Å²) in [5.74, 6) is 0.244. The molecule has 0 aliphatic carbocycles. The minimum Gasteiger partial charge on any atom is -0.377 e. The molecular formula is C16H35Cl2N3O2. The van der Waals surface area contributed by atoms with E-state index in [9.17, 15) is 4.79 Å². The molecule has 0 spiro atoms. The van der Waals surface area contributed by atoms with Gasteiger partial charge in [-0.25, -0.2) is 0 Å². The van der Waals surface area contributed by atoms with Crippen LogP contribution in [0.5, 0.6) is 0 Å². The molecule has 1 fully saturated rings. The Bertz CT molecular complexity index is 310. The van der Waals surface area contributed by atoms with E-state index >= 15 is 0 Å². The Balaban J connectivity index is 0. The summed E-state index contributed by atoms with van der Waals surface area (Å²) >= 11 is 0. The van der Waals surface area contributed by atoms with Gasteiger partial charge >= 0.3 is 0 Å². The second kappa shape index (κ2) is 12.3. The van der Waals surface area contributed by atoms with Crippen molar-refractivity contribution in [3.8, 4) is 0 Å². The molecule has 5 nitrogen and oxygen atoms in total. The summed E-state index contributed by atoms with van der Waals surface area (Å²) in [5, 5.41) is 0. The van der Waals surface area contributed by atoms with Crippen molar-refractivity contribution in [2.75, 3.05) is 45.9 Å². The van der Waals surface area contributed by atoms with Gasteiger partial charge in [0.25, 0.3) is 0 Å². The number of carbonyl (C=O) groups is 1. The molecule has 0 aromatic carbocycles. The van der Waals surface area contributed by atoms with Crippen LogP contribution in [0.1, 0.15) is 40.5 Å². The van der Waals surface area contributed by atoms with Gasteiger partial charge in [0.15, 0.2) is 0 Å². The third-order valence-corrected chi connectivity index (χ3v) is 4.72. The van der Waals surface area contributed by atoms with E-state index in [2.05, 4.69) is 32.6 Å². The summed E-state index contributed by atoms with van der Waals surface area (Å²) in [4.78, 5) is 17.1. The predicted octanol–water partition coefficient (Wildman–Crippen LogP) is 2.16. The highest BCUT2D eigenvalue weighted by Crippen LogP contribution is 2.28. The molecule has 0 atom stereocenters. The van der Waals surface area contributed by atoms with Gasteiger partial charge in [-0.2, -0.15) is 0 Å². The third kappa shape index (κ3) is 7.14. The summed E-state index contributed by atoms with van der Waals surface area (Å²) in [7, 11) is 0. The van der Waals surface area contributed by atoms with Gasteiger partial charge in [-0.15, -0.1) is 24.8 Å². The second-order valence-electron chi connectivity index (χ2n) is 6.24. The normalized spacial score (nSPS) is 16.0. The number of rotatable bonds is 8. The molecule has 0 aromatic heterocycles. The van der Waals surface area contributed by atoms with E-state index in [1.165, 1.54) is 0 Å². The Labute approximate surface area is 154 Å². The topological polar surface area (TPSA) is 58.8 Å². The van der Waals surface area contributed by atoms with Crippen LogP contribution in [0.2, 0.25) is 0 Å². The fourth-order valence-corrected chi connectivity index (χ4v) is 2.86. The van der Waals surface area contributed by atoms with Crippen molar-refractivity contribution in [3.63, 3.8) is 0 Å². The van der Waals surface area contributed by atoms with Crippen molar-refractivity contribution in [3.05, 3.63) is 0 Å². The number of halogens is 2. The summed E-state index contributed by atoms with van der Waals surface area (Å²) in [6, 6.07) is 0. The number of piperazine rings is 1. The monoisotopic (exact) mass is 371 g/mol. The SMILES string of the molecule is CCC(CC)(CN)C(=O)N1CCN(CCOC(C)C)CC1.Cl.Cl. The van der Waals surface area contributed by atoms with Crippen LogP contribution >= 0.6 is 24.8 Å². The summed E-state index contributed by atoms with van der Waals surface area (Å²) in [5.41, 5.74) is 5.53. The molecule has 0 bridgehead atoms. The summed E-state index contributed by atoms with van der Waals surface area (Å²) < 4.78 is 5.59. The fraction of sp³-hybridized carbons (Fsp3) is 0.938. The summed E-state index contributed by atoms with van der Waals surface area (Å²) in [6.45, 7) is 13.9. The van der Waals surface area contributed by atoms with Gasteiger partial charge in [-0.05, 0) is 26.7 Å². The van der Waals surface area contributed by atoms with Gasteiger partial charge in [0.1, 0.15) is 0 Å². The number of hydrogen-bond acceptors (Lipinski definition) is 4. The quantitative estimate of drug-likeness (QED) is 0.710. The van der Waals surface area contributed by atoms with Crippen LogP contribution in [-0.2, 0) is 9.53 Å². The molecule has 2 N–H and O–H groups in total. The number of nitrogens with two attached hydrogens (primary N) is 1. The summed E-state index contributed by atoms with van der Waals surface area (Å²) in [6.07, 6.45) is 1.93. The first kappa shape index (κ1) is 25.2. The molecule has 1 aliphatic heterocycles. The van der Waals surface area contributed by atoms with Gasteiger partial charge in [-0.3, -0.25) is 9.69 Å². The molecular weight excluding hydrogens is 337 g/mol. The van der Waals surface area contributed by atoms with Gasteiger partial charge in [-0.1, -0.05) is 13.8 Å². The smallest absolute Gasteiger partial charge is 0.230 e. The van der Waals surface area contributed by atoms with Gasteiger partial charge in [0.05, 0.1) is 18.1 Å². The van der Waals surface area contributed by atoms with Crippen molar-refractivity contribution in [2.24, 2.45) is 11.1 Å². The van der Waals surface area contributed by atoms with Gasteiger partial charge < -0.3 is 15.4 Å². The molecule has 7 heteroatoms. The Morgan fingerprint density at radius 1 is 1.13 bits per heavy atom. The molecule has 140 valence electrons. The van der Waals surface area contributed by atoms with E-state index in [1.54, 1.807) is 0 Å². The lowest BCUT2D eigenvalue weighted by Crippen LogP contribution is -2.55. The van der Waals surface area contributed by atoms with E-state index in [0.29, 0.717) is 6.54 Å². The lowest BCUT2D eigenvalue weighted by atomic mass is 9.81. The zero-order valence-corrected chi connectivity index (χ0v) is 16.7. The minimum atomic E-state index is -0.358. The van der Waals surface area contributed by atoms with Crippen LogP contribution in [0.25, 0.3) is 0 Å². The predicted molar refractivity (Wildman–Crippen MR) is 101 cm³/mol. The highest BCUT2D eigenvalue weighted by Gasteiger charge is 2.37. The molecule has 0 unspecified atom stereocenters. The van der Waals surface area contributed by atoms with E-state index in [-0.39, 0.29) is 42.2 Å². The van der Waals surface area contributed by atoms with Gasteiger partial charge in [0, 0.05) is 39.3 Å². The first-order chi connectivity index (χ1) is 9.99. The maximum Gasteiger partial charge on any atom is 0.230 e. The van der Waals surface area contributed by atoms with E-state index < -0.39 is 0 Å². The average Bonchev–Trinajstić information content (AvgIpc) is 2.50. The molecule has 0 aromatic rings. The highest BCUT2D eigenvalue weighted by atomic mass is 35.5. The second-order valence-corrected chi connectivity index (χ2v) is 6.24. The first-order valence-electron chi connectivity index (χ1n) is 8.32. The van der Waals surface area contributed by atoms with E-state index in [0.717, 1.165) is 52.2 Å². The Morgan fingerprint density at radius 2 is 1.65 bits per heavy atom. The Hall–Kier alpha value is -0.0700. The third-order valence-electron chi connectivity index (χ3n) is 4.72. The van der Waals surface area contributed by atoms with Crippen molar-refractivity contribution in [1.29, 1.82) is 0 Å². The number of ether oxygens (including phenoxy) is 1. The zero-order valence-electron chi connectivity index (χ0n) is 15.0. The van der Waals surface area contributed by atoms with Crippen LogP contribution in [-0.4, -0.2) is 67.7 Å². The van der Waals surface area contributed by atoms with Crippen molar-refractivity contribution in [1.82, 2.24) is 9.80 Å². The lowest BCUT2D eigenvalue weighted by Gasteiger charge is -2.40. The van der Waals surface area contributed by atoms with Gasteiger partial charge in [0.2, 0.25) is 5.91 Å². The van der Waals surface area contributed by atoms with Crippen molar-refractivity contribution in [2.45, 2.75) is 46.6 Å². The average molecular weight is 372 g/mol. The van der Waals surface area contributed by atoms with Crippen LogP contribution in [0, 0.1) is 5.41 Å². The largest absolute Gasteiger partial charge is 0.377 e. The molecule has 1 amide bonds. The highest BCUT2D eigenvalue weighted by molar-refractivity contribution is 5.85. The number of carbonyl (C=O) groups excluding carboxylic acids is 1. The maximum absolute atomic E-state index is 12.7. The van der Waals surface area contributed by atoms with Crippen molar-refractivity contribution < 1.29 is 9.53 Å². The molecule has 0 radical (unpaired) electrons. The van der Waals surface area contributed by atoms with Crippen LogP contribution in [0.15, 0.2) is 0 Å². The number of amides is 1.